The molecule has 1 amide bonds. The summed E-state index contributed by atoms with van der Waals surface area (Å²) in [6.07, 6.45) is 3.81. The second kappa shape index (κ2) is 4.58. The van der Waals surface area contributed by atoms with Crippen LogP contribution in [0.5, 0.6) is 0 Å². The molecule has 110 valence electrons. The zero-order chi connectivity index (χ0) is 14.6. The molecule has 3 aliphatic rings. The average Bonchev–Trinajstić information content (AvgIpc) is 2.93. The van der Waals surface area contributed by atoms with Gasteiger partial charge in [0.05, 0.1) is 0 Å². The summed E-state index contributed by atoms with van der Waals surface area (Å²) < 4.78 is 0. The number of carbonyl (C=O) groups excluding carboxylic acids is 1. The molecule has 3 fully saturated rings. The lowest BCUT2D eigenvalue weighted by Gasteiger charge is -2.16. The van der Waals surface area contributed by atoms with Crippen LogP contribution in [0.15, 0.2) is 30.3 Å². The molecule has 4 rings (SSSR count). The Labute approximate surface area is 123 Å². The Morgan fingerprint density at radius 1 is 1.10 bits per heavy atom. The summed E-state index contributed by atoms with van der Waals surface area (Å²) in [6.45, 7) is 0. The van der Waals surface area contributed by atoms with E-state index >= 15 is 0 Å². The minimum absolute atomic E-state index is 0.0575. The number of carboxylic acids is 1. The van der Waals surface area contributed by atoms with Gasteiger partial charge in [0.25, 0.3) is 0 Å². The van der Waals surface area contributed by atoms with E-state index in [1.165, 1.54) is 19.3 Å². The maximum atomic E-state index is 12.5. The quantitative estimate of drug-likeness (QED) is 0.891. The van der Waals surface area contributed by atoms with E-state index in [4.69, 9.17) is 0 Å². The standard InChI is InChI=1S/C17H19NO3/c19-16(14-12-10-6-7-11(8-10)13(12)14)18-15(17(20)21)9-4-2-1-3-5-9/h1-5,10-15H,6-8H2,(H,18,19)(H,20,21)/t10?,11?,12?,13?,14?,15-/m0/s1. The van der Waals surface area contributed by atoms with Crippen molar-refractivity contribution in [1.82, 2.24) is 5.32 Å². The Hall–Kier alpha value is -1.84. The molecular formula is C17H19NO3. The zero-order valence-corrected chi connectivity index (χ0v) is 11.7. The molecule has 1 aromatic rings. The first-order valence-electron chi connectivity index (χ1n) is 7.75. The van der Waals surface area contributed by atoms with Crippen molar-refractivity contribution in [3.63, 3.8) is 0 Å². The highest BCUT2D eigenvalue weighted by Crippen LogP contribution is 2.69. The minimum atomic E-state index is -0.997. The van der Waals surface area contributed by atoms with E-state index in [0.717, 1.165) is 11.8 Å². The van der Waals surface area contributed by atoms with Gasteiger partial charge in [-0.05, 0) is 48.5 Å². The van der Waals surface area contributed by atoms with Crippen molar-refractivity contribution in [3.8, 4) is 0 Å². The van der Waals surface area contributed by atoms with Crippen LogP contribution >= 0.6 is 0 Å². The highest BCUT2D eigenvalue weighted by atomic mass is 16.4. The molecule has 4 nitrogen and oxygen atoms in total. The van der Waals surface area contributed by atoms with E-state index in [2.05, 4.69) is 5.32 Å². The number of carboxylic acid groups (broad SMARTS) is 1. The summed E-state index contributed by atoms with van der Waals surface area (Å²) in [4.78, 5) is 23.9. The van der Waals surface area contributed by atoms with Crippen molar-refractivity contribution < 1.29 is 14.7 Å². The van der Waals surface area contributed by atoms with Gasteiger partial charge < -0.3 is 10.4 Å². The van der Waals surface area contributed by atoms with Gasteiger partial charge in [-0.2, -0.15) is 0 Å². The fourth-order valence-electron chi connectivity index (χ4n) is 4.85. The molecule has 3 saturated carbocycles. The van der Waals surface area contributed by atoms with Gasteiger partial charge in [0, 0.05) is 5.92 Å². The number of hydrogen-bond donors (Lipinski definition) is 2. The highest BCUT2D eigenvalue weighted by Gasteiger charge is 2.67. The number of carbonyl (C=O) groups is 2. The summed E-state index contributed by atoms with van der Waals surface area (Å²) >= 11 is 0. The van der Waals surface area contributed by atoms with Crippen LogP contribution < -0.4 is 5.32 Å². The summed E-state index contributed by atoms with van der Waals surface area (Å²) in [7, 11) is 0. The lowest BCUT2D eigenvalue weighted by Crippen LogP contribution is -2.36. The summed E-state index contributed by atoms with van der Waals surface area (Å²) in [5.74, 6) is 1.53. The molecule has 1 aromatic carbocycles. The topological polar surface area (TPSA) is 66.4 Å². The summed E-state index contributed by atoms with van der Waals surface area (Å²) in [5.41, 5.74) is 0.632. The molecule has 0 aliphatic heterocycles. The monoisotopic (exact) mass is 285 g/mol. The van der Waals surface area contributed by atoms with E-state index in [0.29, 0.717) is 17.4 Å². The number of benzene rings is 1. The number of fused-ring (bicyclic) bond motifs is 5. The molecule has 0 radical (unpaired) electrons. The van der Waals surface area contributed by atoms with Gasteiger partial charge in [0.15, 0.2) is 6.04 Å². The molecule has 0 spiro atoms. The van der Waals surface area contributed by atoms with Crippen molar-refractivity contribution >= 4 is 11.9 Å². The van der Waals surface area contributed by atoms with Crippen LogP contribution in [0.1, 0.15) is 30.9 Å². The minimum Gasteiger partial charge on any atom is -0.479 e. The second-order valence-electron chi connectivity index (χ2n) is 6.70. The third-order valence-corrected chi connectivity index (χ3v) is 5.70. The molecule has 2 bridgehead atoms. The number of hydrogen-bond acceptors (Lipinski definition) is 2. The van der Waals surface area contributed by atoms with Crippen molar-refractivity contribution in [1.29, 1.82) is 0 Å². The van der Waals surface area contributed by atoms with Crippen molar-refractivity contribution in [2.24, 2.45) is 29.6 Å². The number of nitrogens with one attached hydrogen (secondary N) is 1. The van der Waals surface area contributed by atoms with E-state index in [1.54, 1.807) is 24.3 Å². The fourth-order valence-corrected chi connectivity index (χ4v) is 4.85. The smallest absolute Gasteiger partial charge is 0.330 e. The Morgan fingerprint density at radius 2 is 1.71 bits per heavy atom. The first-order chi connectivity index (χ1) is 10.2. The summed E-state index contributed by atoms with van der Waals surface area (Å²) in [6, 6.07) is 7.99. The Kier molecular flexibility index (Phi) is 2.81. The van der Waals surface area contributed by atoms with E-state index in [-0.39, 0.29) is 11.8 Å². The molecule has 0 saturated heterocycles. The van der Waals surface area contributed by atoms with Crippen LogP contribution in [0, 0.1) is 29.6 Å². The van der Waals surface area contributed by atoms with Crippen molar-refractivity contribution in [2.45, 2.75) is 25.3 Å². The van der Waals surface area contributed by atoms with Crippen LogP contribution in [0.4, 0.5) is 0 Å². The fraction of sp³-hybridized carbons (Fsp3) is 0.529. The molecule has 3 aliphatic carbocycles. The van der Waals surface area contributed by atoms with Gasteiger partial charge in [0.1, 0.15) is 0 Å². The van der Waals surface area contributed by atoms with E-state index in [9.17, 15) is 14.7 Å². The molecule has 5 atom stereocenters. The van der Waals surface area contributed by atoms with Gasteiger partial charge >= 0.3 is 5.97 Å². The first-order valence-corrected chi connectivity index (χ1v) is 7.75. The highest BCUT2D eigenvalue weighted by molar-refractivity contribution is 5.88. The van der Waals surface area contributed by atoms with Gasteiger partial charge in [-0.1, -0.05) is 30.3 Å². The predicted octanol–water partition coefficient (Wildman–Crippen LogP) is 2.22. The van der Waals surface area contributed by atoms with Crippen molar-refractivity contribution in [3.05, 3.63) is 35.9 Å². The van der Waals surface area contributed by atoms with Gasteiger partial charge in [-0.15, -0.1) is 0 Å². The third-order valence-electron chi connectivity index (χ3n) is 5.70. The first kappa shape index (κ1) is 12.9. The van der Waals surface area contributed by atoms with Crippen LogP contribution in [-0.2, 0) is 9.59 Å². The number of aliphatic carboxylic acids is 1. The SMILES string of the molecule is O=C(N[C@H](C(=O)O)c1ccccc1)C1C2C3CCC(C3)C12. The molecule has 0 aromatic heterocycles. The van der Waals surface area contributed by atoms with Gasteiger partial charge in [0.2, 0.25) is 5.91 Å². The normalized spacial score (nSPS) is 36.9. The maximum absolute atomic E-state index is 12.5. The Balaban J connectivity index is 1.47. The Bertz CT molecular complexity index is 569. The molecule has 2 N–H and O–H groups in total. The zero-order valence-electron chi connectivity index (χ0n) is 11.7. The lowest BCUT2D eigenvalue weighted by atomic mass is 10.0. The second-order valence-corrected chi connectivity index (χ2v) is 6.70. The van der Waals surface area contributed by atoms with E-state index < -0.39 is 12.0 Å². The molecular weight excluding hydrogens is 266 g/mol. The maximum Gasteiger partial charge on any atom is 0.330 e. The van der Waals surface area contributed by atoms with Crippen LogP contribution in [-0.4, -0.2) is 17.0 Å². The predicted molar refractivity (Wildman–Crippen MR) is 76.3 cm³/mol. The van der Waals surface area contributed by atoms with Gasteiger partial charge in [-0.3, -0.25) is 4.79 Å². The average molecular weight is 285 g/mol. The lowest BCUT2D eigenvalue weighted by molar-refractivity contribution is -0.142. The molecule has 4 heteroatoms. The van der Waals surface area contributed by atoms with Gasteiger partial charge in [-0.25, -0.2) is 4.79 Å². The number of amides is 1. The van der Waals surface area contributed by atoms with Crippen LogP contribution in [0.2, 0.25) is 0 Å². The number of rotatable bonds is 4. The van der Waals surface area contributed by atoms with E-state index in [1.807, 2.05) is 6.07 Å². The van der Waals surface area contributed by atoms with Crippen molar-refractivity contribution in [2.75, 3.05) is 0 Å². The third kappa shape index (κ3) is 1.96. The summed E-state index contributed by atoms with van der Waals surface area (Å²) in [5, 5.41) is 12.1. The molecule has 0 heterocycles. The van der Waals surface area contributed by atoms with Crippen LogP contribution in [0.3, 0.4) is 0 Å². The van der Waals surface area contributed by atoms with Crippen LogP contribution in [0.25, 0.3) is 0 Å². The largest absolute Gasteiger partial charge is 0.479 e. The molecule has 21 heavy (non-hydrogen) atoms. The Morgan fingerprint density at radius 3 is 2.29 bits per heavy atom. The molecule has 4 unspecified atom stereocenters.